The monoisotopic (exact) mass is 198 g/mol. The van der Waals surface area contributed by atoms with E-state index < -0.39 is 5.91 Å². The molecule has 0 aromatic carbocycles. The van der Waals surface area contributed by atoms with E-state index in [-0.39, 0.29) is 5.25 Å². The molecule has 5 nitrogen and oxygen atoms in total. The second-order valence-corrected chi connectivity index (χ2v) is 3.74. The lowest BCUT2D eigenvalue weighted by Gasteiger charge is -2.06. The summed E-state index contributed by atoms with van der Waals surface area (Å²) >= 11 is 1.21. The average Bonchev–Trinajstić information content (AvgIpc) is 2.08. The molecule has 0 bridgehead atoms. The number of nitrogens with two attached hydrogens (primary N) is 2. The molecule has 1 heterocycles. The van der Waals surface area contributed by atoms with E-state index in [9.17, 15) is 4.79 Å². The number of aromatic nitrogens is 2. The van der Waals surface area contributed by atoms with Crippen LogP contribution in [0.2, 0.25) is 0 Å². The Hall–Kier alpha value is -1.30. The summed E-state index contributed by atoms with van der Waals surface area (Å²) in [5.74, 6) is -0.0735. The molecule has 0 fully saturated rings. The van der Waals surface area contributed by atoms with Crippen molar-refractivity contribution in [3.05, 3.63) is 12.4 Å². The molecular formula is C7H10N4OS. The maximum Gasteiger partial charge on any atom is 0.230 e. The van der Waals surface area contributed by atoms with Crippen molar-refractivity contribution in [3.8, 4) is 0 Å². The summed E-state index contributed by atoms with van der Waals surface area (Å²) < 4.78 is 0. The van der Waals surface area contributed by atoms with Crippen LogP contribution < -0.4 is 11.5 Å². The Morgan fingerprint density at radius 2 is 2.15 bits per heavy atom. The van der Waals surface area contributed by atoms with Crippen LogP contribution in [0.3, 0.4) is 0 Å². The van der Waals surface area contributed by atoms with Gasteiger partial charge in [-0.25, -0.2) is 9.97 Å². The van der Waals surface area contributed by atoms with Crippen LogP contribution >= 0.6 is 11.8 Å². The predicted molar refractivity (Wildman–Crippen MR) is 51.0 cm³/mol. The van der Waals surface area contributed by atoms with Crippen LogP contribution in [-0.4, -0.2) is 21.1 Å². The molecule has 1 amide bonds. The van der Waals surface area contributed by atoms with E-state index in [0.29, 0.717) is 10.8 Å². The molecule has 70 valence electrons. The number of amides is 1. The maximum atomic E-state index is 10.7. The number of carbonyl (C=O) groups excluding carboxylic acids is 1. The Bertz CT molecular complexity index is 317. The lowest BCUT2D eigenvalue weighted by atomic mass is 10.5. The minimum absolute atomic E-state index is 0.320. The molecule has 0 aliphatic heterocycles. The number of thioether (sulfide) groups is 1. The Balaban J connectivity index is 2.74. The van der Waals surface area contributed by atoms with Gasteiger partial charge in [-0.3, -0.25) is 4.79 Å². The summed E-state index contributed by atoms with van der Waals surface area (Å²) in [6.07, 6.45) is 3.01. The molecule has 0 saturated heterocycles. The third-order valence-corrected chi connectivity index (χ3v) is 2.50. The molecule has 1 aromatic rings. The van der Waals surface area contributed by atoms with E-state index >= 15 is 0 Å². The summed E-state index contributed by atoms with van der Waals surface area (Å²) in [4.78, 5) is 18.5. The van der Waals surface area contributed by atoms with Gasteiger partial charge >= 0.3 is 0 Å². The first kappa shape index (κ1) is 9.79. The predicted octanol–water partition coefficient (Wildman–Crippen LogP) is 0.0247. The van der Waals surface area contributed by atoms with Crippen LogP contribution in [0.15, 0.2) is 17.4 Å². The van der Waals surface area contributed by atoms with Crippen LogP contribution in [0.25, 0.3) is 0 Å². The van der Waals surface area contributed by atoms with Crippen LogP contribution in [0.4, 0.5) is 5.82 Å². The number of primary amides is 1. The number of rotatable bonds is 3. The number of carbonyl (C=O) groups is 1. The van der Waals surface area contributed by atoms with Crippen molar-refractivity contribution in [1.29, 1.82) is 0 Å². The van der Waals surface area contributed by atoms with E-state index in [2.05, 4.69) is 9.97 Å². The van der Waals surface area contributed by atoms with Gasteiger partial charge in [0.1, 0.15) is 5.03 Å². The van der Waals surface area contributed by atoms with Gasteiger partial charge in [0.25, 0.3) is 0 Å². The highest BCUT2D eigenvalue weighted by Crippen LogP contribution is 2.23. The van der Waals surface area contributed by atoms with E-state index in [1.54, 1.807) is 6.92 Å². The van der Waals surface area contributed by atoms with Gasteiger partial charge in [0, 0.05) is 12.4 Å². The summed E-state index contributed by atoms with van der Waals surface area (Å²) in [6.45, 7) is 1.70. The Morgan fingerprint density at radius 1 is 1.54 bits per heavy atom. The van der Waals surface area contributed by atoms with Crippen molar-refractivity contribution >= 4 is 23.5 Å². The molecule has 0 aliphatic rings. The van der Waals surface area contributed by atoms with E-state index in [1.807, 2.05) is 0 Å². The molecule has 1 atom stereocenters. The normalized spacial score (nSPS) is 12.4. The highest BCUT2D eigenvalue weighted by molar-refractivity contribution is 8.00. The average molecular weight is 198 g/mol. The van der Waals surface area contributed by atoms with Gasteiger partial charge < -0.3 is 11.5 Å². The van der Waals surface area contributed by atoms with Gasteiger partial charge in [-0.1, -0.05) is 11.8 Å². The van der Waals surface area contributed by atoms with E-state index in [1.165, 1.54) is 24.2 Å². The molecule has 6 heteroatoms. The quantitative estimate of drug-likeness (QED) is 0.668. The van der Waals surface area contributed by atoms with Gasteiger partial charge in [-0.2, -0.15) is 0 Å². The molecule has 1 aromatic heterocycles. The molecule has 1 rings (SSSR count). The Kier molecular flexibility index (Phi) is 3.07. The number of hydrogen-bond acceptors (Lipinski definition) is 5. The van der Waals surface area contributed by atoms with E-state index in [4.69, 9.17) is 11.5 Å². The third-order valence-electron chi connectivity index (χ3n) is 1.38. The van der Waals surface area contributed by atoms with Gasteiger partial charge in [0.2, 0.25) is 5.91 Å². The number of nitrogen functional groups attached to an aromatic ring is 1. The minimum atomic E-state index is -0.393. The van der Waals surface area contributed by atoms with Crippen LogP contribution in [-0.2, 0) is 4.79 Å². The van der Waals surface area contributed by atoms with Crippen molar-refractivity contribution in [2.45, 2.75) is 17.2 Å². The lowest BCUT2D eigenvalue weighted by Crippen LogP contribution is -2.22. The first-order chi connectivity index (χ1) is 6.11. The van der Waals surface area contributed by atoms with Crippen LogP contribution in [0.5, 0.6) is 0 Å². The highest BCUT2D eigenvalue weighted by atomic mass is 32.2. The smallest absolute Gasteiger partial charge is 0.230 e. The summed E-state index contributed by atoms with van der Waals surface area (Å²) in [6, 6.07) is 0. The molecule has 0 radical (unpaired) electrons. The molecular weight excluding hydrogens is 188 g/mol. The minimum Gasteiger partial charge on any atom is -0.381 e. The van der Waals surface area contributed by atoms with Gasteiger partial charge in [0.05, 0.1) is 5.25 Å². The number of nitrogens with zero attached hydrogens (tertiary/aromatic N) is 2. The molecule has 0 saturated carbocycles. The number of anilines is 1. The van der Waals surface area contributed by atoms with Gasteiger partial charge in [-0.05, 0) is 6.92 Å². The SMILES string of the molecule is CC(Sc1nccnc1N)C(N)=O. The summed E-state index contributed by atoms with van der Waals surface area (Å²) in [7, 11) is 0. The maximum absolute atomic E-state index is 10.7. The first-order valence-corrected chi connectivity index (χ1v) is 4.51. The molecule has 1 unspecified atom stereocenters. The fraction of sp³-hybridized carbons (Fsp3) is 0.286. The topological polar surface area (TPSA) is 94.9 Å². The van der Waals surface area contributed by atoms with Crippen molar-refractivity contribution in [2.75, 3.05) is 5.73 Å². The lowest BCUT2D eigenvalue weighted by molar-refractivity contribution is -0.117. The van der Waals surface area contributed by atoms with Crippen molar-refractivity contribution in [3.63, 3.8) is 0 Å². The standard InChI is InChI=1S/C7H10N4OS/c1-4(6(9)12)13-7-5(8)10-2-3-11-7/h2-4H,1H3,(H2,8,10)(H2,9,12). The van der Waals surface area contributed by atoms with Crippen LogP contribution in [0.1, 0.15) is 6.92 Å². The third kappa shape index (κ3) is 2.59. The van der Waals surface area contributed by atoms with Crippen molar-refractivity contribution in [2.24, 2.45) is 5.73 Å². The molecule has 13 heavy (non-hydrogen) atoms. The van der Waals surface area contributed by atoms with Gasteiger partial charge in [-0.15, -0.1) is 0 Å². The fourth-order valence-electron chi connectivity index (χ4n) is 0.652. The summed E-state index contributed by atoms with van der Waals surface area (Å²) in [5.41, 5.74) is 10.6. The van der Waals surface area contributed by atoms with E-state index in [0.717, 1.165) is 0 Å². The number of hydrogen-bond donors (Lipinski definition) is 2. The van der Waals surface area contributed by atoms with Gasteiger partial charge in [0.15, 0.2) is 5.82 Å². The zero-order chi connectivity index (χ0) is 9.84. The second-order valence-electron chi connectivity index (χ2n) is 2.41. The Morgan fingerprint density at radius 3 is 2.69 bits per heavy atom. The molecule has 4 N–H and O–H groups in total. The van der Waals surface area contributed by atoms with Crippen molar-refractivity contribution in [1.82, 2.24) is 9.97 Å². The van der Waals surface area contributed by atoms with Crippen molar-refractivity contribution < 1.29 is 4.79 Å². The highest BCUT2D eigenvalue weighted by Gasteiger charge is 2.13. The Labute approximate surface area is 79.9 Å². The summed E-state index contributed by atoms with van der Waals surface area (Å²) in [5, 5.41) is 0.188. The zero-order valence-corrected chi connectivity index (χ0v) is 7.91. The largest absolute Gasteiger partial charge is 0.381 e. The zero-order valence-electron chi connectivity index (χ0n) is 7.10. The first-order valence-electron chi connectivity index (χ1n) is 3.63. The molecule has 0 spiro atoms. The van der Waals surface area contributed by atoms with Crippen LogP contribution in [0, 0.1) is 0 Å². The fourth-order valence-corrected chi connectivity index (χ4v) is 1.40. The molecule has 0 aliphatic carbocycles. The second kappa shape index (κ2) is 4.08.